The first-order valence-corrected chi connectivity index (χ1v) is 12.2. The lowest BCUT2D eigenvalue weighted by molar-refractivity contribution is -0.118. The van der Waals surface area contributed by atoms with Gasteiger partial charge in [-0.25, -0.2) is 10.4 Å². The van der Waals surface area contributed by atoms with Crippen molar-refractivity contribution in [2.75, 3.05) is 5.75 Å². The summed E-state index contributed by atoms with van der Waals surface area (Å²) in [5, 5.41) is 4.99. The van der Waals surface area contributed by atoms with E-state index < -0.39 is 0 Å². The monoisotopic (exact) mass is 532 g/mol. The highest BCUT2D eigenvalue weighted by molar-refractivity contribution is 9.10. The molecular weight excluding hydrogens is 512 g/mol. The average molecular weight is 533 g/mol. The summed E-state index contributed by atoms with van der Waals surface area (Å²) in [7, 11) is 0. The average Bonchev–Trinajstić information content (AvgIpc) is 2.84. The molecule has 1 aromatic heterocycles. The molecule has 0 bridgehead atoms. The van der Waals surface area contributed by atoms with E-state index in [1.165, 1.54) is 16.3 Å². The molecule has 6 nitrogen and oxygen atoms in total. The van der Waals surface area contributed by atoms with Crippen molar-refractivity contribution in [3.8, 4) is 5.69 Å². The van der Waals surface area contributed by atoms with E-state index in [4.69, 9.17) is 0 Å². The van der Waals surface area contributed by atoms with Gasteiger partial charge in [0, 0.05) is 4.47 Å². The standard InChI is InChI=1S/C26H21BrN4O2S/c1-18(15-19-7-3-2-4-8-19)16-28-30-24(32)17-34-26-29-23-10-6-5-9-22(23)25(33)31(26)21-13-11-20(27)12-14-21/h2-16H,17H2,1H3,(H,30,32). The summed E-state index contributed by atoms with van der Waals surface area (Å²) >= 11 is 4.60. The van der Waals surface area contributed by atoms with Gasteiger partial charge in [-0.05, 0) is 54.5 Å². The highest BCUT2D eigenvalue weighted by Crippen LogP contribution is 2.22. The van der Waals surface area contributed by atoms with Gasteiger partial charge in [-0.2, -0.15) is 5.10 Å². The van der Waals surface area contributed by atoms with E-state index in [1.807, 2.05) is 79.7 Å². The van der Waals surface area contributed by atoms with Gasteiger partial charge in [0.05, 0.1) is 28.6 Å². The Morgan fingerprint density at radius 3 is 2.53 bits per heavy atom. The molecule has 0 saturated carbocycles. The quantitative estimate of drug-likeness (QED) is 0.149. The number of benzene rings is 3. The largest absolute Gasteiger partial charge is 0.272 e. The minimum atomic E-state index is -0.293. The summed E-state index contributed by atoms with van der Waals surface area (Å²) < 4.78 is 2.43. The lowest BCUT2D eigenvalue weighted by Crippen LogP contribution is -2.24. The molecule has 1 amide bonds. The van der Waals surface area contributed by atoms with Crippen LogP contribution in [0, 0.1) is 0 Å². The number of fused-ring (bicyclic) bond motifs is 1. The zero-order chi connectivity index (χ0) is 23.9. The number of carbonyl (C=O) groups is 1. The molecule has 0 fully saturated rings. The van der Waals surface area contributed by atoms with Crippen molar-refractivity contribution < 1.29 is 4.79 Å². The van der Waals surface area contributed by atoms with Crippen molar-refractivity contribution in [2.24, 2.45) is 5.10 Å². The molecule has 0 aliphatic heterocycles. The van der Waals surface area contributed by atoms with Crippen molar-refractivity contribution in [3.05, 3.63) is 105 Å². The number of amides is 1. The number of nitrogens with one attached hydrogen (secondary N) is 1. The number of nitrogens with zero attached hydrogens (tertiary/aromatic N) is 3. The van der Waals surface area contributed by atoms with Crippen LogP contribution in [0.1, 0.15) is 12.5 Å². The highest BCUT2D eigenvalue weighted by atomic mass is 79.9. The third-order valence-corrected chi connectivity index (χ3v) is 6.28. The molecule has 0 spiro atoms. The van der Waals surface area contributed by atoms with Gasteiger partial charge in [0.1, 0.15) is 0 Å². The number of rotatable bonds is 7. The molecule has 4 aromatic rings. The number of thioether (sulfide) groups is 1. The maximum absolute atomic E-state index is 13.2. The molecule has 170 valence electrons. The van der Waals surface area contributed by atoms with Crippen LogP contribution in [0.5, 0.6) is 0 Å². The fourth-order valence-corrected chi connectivity index (χ4v) is 4.31. The number of allylic oxidation sites excluding steroid dienone is 1. The first-order valence-electron chi connectivity index (χ1n) is 10.5. The van der Waals surface area contributed by atoms with Crippen LogP contribution < -0.4 is 11.0 Å². The van der Waals surface area contributed by atoms with E-state index in [-0.39, 0.29) is 17.2 Å². The van der Waals surface area contributed by atoms with E-state index in [2.05, 4.69) is 31.4 Å². The SMILES string of the molecule is CC(C=NNC(=O)CSc1nc2ccccc2c(=O)n1-c1ccc(Br)cc1)=Cc1ccccc1. The summed E-state index contributed by atoms with van der Waals surface area (Å²) in [5.74, 6) is -0.237. The predicted octanol–water partition coefficient (Wildman–Crippen LogP) is 5.45. The molecule has 0 radical (unpaired) electrons. The molecule has 0 saturated heterocycles. The van der Waals surface area contributed by atoms with E-state index in [0.29, 0.717) is 21.7 Å². The van der Waals surface area contributed by atoms with E-state index in [9.17, 15) is 9.59 Å². The van der Waals surface area contributed by atoms with Gasteiger partial charge in [-0.15, -0.1) is 0 Å². The van der Waals surface area contributed by atoms with E-state index in [0.717, 1.165) is 15.6 Å². The first kappa shape index (κ1) is 23.7. The van der Waals surface area contributed by atoms with Crippen molar-refractivity contribution in [1.29, 1.82) is 0 Å². The van der Waals surface area contributed by atoms with Crippen LogP contribution in [-0.2, 0) is 4.79 Å². The summed E-state index contributed by atoms with van der Waals surface area (Å²) in [6.45, 7) is 1.91. The smallest absolute Gasteiger partial charge is 0.266 e. The molecular formula is C26H21BrN4O2S. The second kappa shape index (κ2) is 11.1. The molecule has 0 aliphatic carbocycles. The Kier molecular flexibility index (Phi) is 7.72. The summed E-state index contributed by atoms with van der Waals surface area (Å²) in [6.07, 6.45) is 3.57. The minimum Gasteiger partial charge on any atom is -0.272 e. The summed E-state index contributed by atoms with van der Waals surface area (Å²) in [4.78, 5) is 30.3. The summed E-state index contributed by atoms with van der Waals surface area (Å²) in [5.41, 5.74) is 5.57. The maximum Gasteiger partial charge on any atom is 0.266 e. The Labute approximate surface area is 209 Å². The van der Waals surface area contributed by atoms with Gasteiger partial charge >= 0.3 is 0 Å². The number of halogens is 1. The van der Waals surface area contributed by atoms with Crippen LogP contribution >= 0.6 is 27.7 Å². The topological polar surface area (TPSA) is 76.3 Å². The fraction of sp³-hybridized carbons (Fsp3) is 0.0769. The Hall–Kier alpha value is -3.49. The number of carbonyl (C=O) groups excluding carboxylic acids is 1. The first-order chi connectivity index (χ1) is 16.5. The Morgan fingerprint density at radius 2 is 1.76 bits per heavy atom. The second-order valence-corrected chi connectivity index (χ2v) is 9.27. The van der Waals surface area contributed by atoms with Crippen LogP contribution in [0.3, 0.4) is 0 Å². The molecule has 0 unspecified atom stereocenters. The second-order valence-electron chi connectivity index (χ2n) is 7.41. The number of hydrogen-bond donors (Lipinski definition) is 1. The van der Waals surface area contributed by atoms with E-state index in [1.54, 1.807) is 18.3 Å². The third kappa shape index (κ3) is 5.89. The highest BCUT2D eigenvalue weighted by Gasteiger charge is 2.14. The van der Waals surface area contributed by atoms with Crippen molar-refractivity contribution in [1.82, 2.24) is 15.0 Å². The molecule has 1 heterocycles. The normalized spacial score (nSPS) is 11.8. The lowest BCUT2D eigenvalue weighted by Gasteiger charge is -2.13. The molecule has 0 aliphatic rings. The third-order valence-electron chi connectivity index (χ3n) is 4.81. The van der Waals surface area contributed by atoms with Gasteiger partial charge in [-0.1, -0.05) is 76.2 Å². The van der Waals surface area contributed by atoms with Crippen LogP contribution in [0.2, 0.25) is 0 Å². The van der Waals surface area contributed by atoms with Gasteiger partial charge in [0.25, 0.3) is 11.5 Å². The Balaban J connectivity index is 1.51. The fourth-order valence-electron chi connectivity index (χ4n) is 3.24. The number of aromatic nitrogens is 2. The molecule has 1 N–H and O–H groups in total. The van der Waals surface area contributed by atoms with Crippen LogP contribution in [0.4, 0.5) is 0 Å². The predicted molar refractivity (Wildman–Crippen MR) is 142 cm³/mol. The van der Waals surface area contributed by atoms with Gasteiger partial charge in [0.15, 0.2) is 5.16 Å². The molecule has 4 rings (SSSR count). The Bertz CT molecular complexity index is 1430. The lowest BCUT2D eigenvalue weighted by atomic mass is 10.1. The molecule has 3 aromatic carbocycles. The van der Waals surface area contributed by atoms with Crippen molar-refractivity contribution in [2.45, 2.75) is 12.1 Å². The number of hydrogen-bond acceptors (Lipinski definition) is 5. The van der Waals surface area contributed by atoms with Gasteiger partial charge in [0.2, 0.25) is 0 Å². The van der Waals surface area contributed by atoms with Crippen LogP contribution in [0.15, 0.2) is 104 Å². The van der Waals surface area contributed by atoms with Gasteiger partial charge < -0.3 is 0 Å². The molecule has 34 heavy (non-hydrogen) atoms. The minimum absolute atomic E-state index is 0.0557. The number of para-hydroxylation sites is 1. The molecule has 8 heteroatoms. The Morgan fingerprint density at radius 1 is 1.06 bits per heavy atom. The summed E-state index contributed by atoms with van der Waals surface area (Å²) in [6, 6.07) is 24.4. The zero-order valence-corrected chi connectivity index (χ0v) is 20.7. The van der Waals surface area contributed by atoms with Crippen LogP contribution in [0.25, 0.3) is 22.7 Å². The van der Waals surface area contributed by atoms with Crippen molar-refractivity contribution in [3.63, 3.8) is 0 Å². The van der Waals surface area contributed by atoms with E-state index >= 15 is 0 Å². The maximum atomic E-state index is 13.2. The van der Waals surface area contributed by atoms with Gasteiger partial charge in [-0.3, -0.25) is 14.2 Å². The van der Waals surface area contributed by atoms with Crippen LogP contribution in [-0.4, -0.2) is 27.4 Å². The number of hydrazone groups is 1. The molecule has 0 atom stereocenters. The zero-order valence-electron chi connectivity index (χ0n) is 18.3. The van der Waals surface area contributed by atoms with Crippen molar-refractivity contribution >= 4 is 56.8 Å².